The van der Waals surface area contributed by atoms with Crippen LogP contribution in [0.25, 0.3) is 0 Å². The first kappa shape index (κ1) is 33.7. The lowest BCUT2D eigenvalue weighted by Crippen LogP contribution is -2.63. The summed E-state index contributed by atoms with van der Waals surface area (Å²) in [5, 5.41) is 0. The predicted molar refractivity (Wildman–Crippen MR) is 183 cm³/mol. The summed E-state index contributed by atoms with van der Waals surface area (Å²) in [5.41, 5.74) is -0.880. The van der Waals surface area contributed by atoms with Gasteiger partial charge in [-0.05, 0) is 125 Å². The highest BCUT2D eigenvalue weighted by Crippen LogP contribution is 2.67. The van der Waals surface area contributed by atoms with Crippen LogP contribution in [0.4, 0.5) is 0 Å². The minimum Gasteiger partial charge on any atom is -0.462 e. The number of esters is 2. The van der Waals surface area contributed by atoms with Gasteiger partial charge in [0, 0.05) is 35.5 Å². The highest BCUT2D eigenvalue weighted by Gasteiger charge is 2.68. The van der Waals surface area contributed by atoms with Gasteiger partial charge >= 0.3 is 11.9 Å². The lowest BCUT2D eigenvalue weighted by Gasteiger charge is -2.63. The molecule has 12 saturated carbocycles. The zero-order chi connectivity index (χ0) is 35.1. The van der Waals surface area contributed by atoms with Crippen molar-refractivity contribution in [3.63, 3.8) is 0 Å². The third-order valence-electron chi connectivity index (χ3n) is 16.1. The summed E-state index contributed by atoms with van der Waals surface area (Å²) < 4.78 is 33.0. The molecule has 8 atom stereocenters. The largest absolute Gasteiger partial charge is 0.462 e. The molecule has 9 nitrogen and oxygen atoms in total. The number of carbonyl (C=O) groups excluding carboxylic acids is 4. The van der Waals surface area contributed by atoms with Crippen molar-refractivity contribution >= 4 is 23.5 Å². The van der Waals surface area contributed by atoms with Crippen LogP contribution in [0, 0.1) is 74.9 Å². The normalized spacial score (nSPS) is 51.2. The summed E-state index contributed by atoms with van der Waals surface area (Å²) in [6.07, 6.45) is 12.0. The molecule has 8 unspecified atom stereocenters. The Hall–Kier alpha value is -1.84. The Bertz CT molecular complexity index is 1380. The third kappa shape index (κ3) is 5.30. The van der Waals surface area contributed by atoms with E-state index in [1.165, 1.54) is 6.42 Å². The molecule has 13 fully saturated rings. The molecule has 1 spiro atoms. The molecule has 0 aromatic rings. The second-order valence-electron chi connectivity index (χ2n) is 21.2. The quantitative estimate of drug-likeness (QED) is 0.258. The van der Waals surface area contributed by atoms with E-state index in [1.54, 1.807) is 0 Å². The van der Waals surface area contributed by atoms with E-state index in [2.05, 4.69) is 20.8 Å². The van der Waals surface area contributed by atoms with Crippen molar-refractivity contribution in [1.29, 1.82) is 0 Å². The molecule has 12 bridgehead atoms. The molecular formula is C42H58O9. The van der Waals surface area contributed by atoms with Crippen LogP contribution in [0.3, 0.4) is 0 Å². The summed E-state index contributed by atoms with van der Waals surface area (Å²) in [7, 11) is 0. The summed E-state index contributed by atoms with van der Waals surface area (Å²) in [5.74, 6) is 1.47. The fraction of sp³-hybridized carbons (Fsp3) is 0.905. The number of Topliss-reactive ketones (excluding diaryl/α,β-unsaturated/α-hetero) is 2. The molecule has 1 aliphatic heterocycles. The molecule has 0 radical (unpaired) electrons. The maximum Gasteiger partial charge on any atom is 0.312 e. The average Bonchev–Trinajstić information content (AvgIpc) is 3.43. The highest BCUT2D eigenvalue weighted by molar-refractivity contribution is 5.90. The Morgan fingerprint density at radius 1 is 0.627 bits per heavy atom. The van der Waals surface area contributed by atoms with Gasteiger partial charge in [0.2, 0.25) is 0 Å². The van der Waals surface area contributed by atoms with Crippen molar-refractivity contribution in [2.45, 2.75) is 135 Å². The molecule has 0 aromatic heterocycles. The van der Waals surface area contributed by atoms with Gasteiger partial charge in [0.25, 0.3) is 0 Å². The highest BCUT2D eigenvalue weighted by atomic mass is 16.8. The lowest BCUT2D eigenvalue weighted by molar-refractivity contribution is -0.318. The zero-order valence-corrected chi connectivity index (χ0v) is 31.0. The lowest BCUT2D eigenvalue weighted by atomic mass is 9.47. The molecule has 0 N–H and O–H groups in total. The van der Waals surface area contributed by atoms with Crippen LogP contribution in [0.15, 0.2) is 0 Å². The molecular weight excluding hydrogens is 648 g/mol. The van der Waals surface area contributed by atoms with Gasteiger partial charge in [0.15, 0.2) is 5.79 Å². The van der Waals surface area contributed by atoms with Crippen LogP contribution < -0.4 is 0 Å². The first-order valence-electron chi connectivity index (χ1n) is 20.6. The van der Waals surface area contributed by atoms with Crippen molar-refractivity contribution in [1.82, 2.24) is 0 Å². The number of ether oxygens (including phenoxy) is 5. The molecule has 13 rings (SSSR count). The van der Waals surface area contributed by atoms with E-state index in [1.807, 2.05) is 0 Å². The van der Waals surface area contributed by atoms with Crippen LogP contribution in [0.2, 0.25) is 0 Å². The Balaban J connectivity index is 0.867. The van der Waals surface area contributed by atoms with Gasteiger partial charge in [-0.1, -0.05) is 20.8 Å². The fourth-order valence-electron chi connectivity index (χ4n) is 14.8. The van der Waals surface area contributed by atoms with E-state index >= 15 is 0 Å². The second-order valence-corrected chi connectivity index (χ2v) is 21.2. The zero-order valence-electron chi connectivity index (χ0n) is 31.0. The van der Waals surface area contributed by atoms with E-state index in [0.717, 1.165) is 77.4 Å². The number of hydrogen-bond donors (Lipinski definition) is 0. The van der Waals surface area contributed by atoms with E-state index < -0.39 is 28.8 Å². The Morgan fingerprint density at radius 2 is 1.06 bits per heavy atom. The minimum absolute atomic E-state index is 0.00193. The summed E-state index contributed by atoms with van der Waals surface area (Å²) in [6.45, 7) is 8.28. The van der Waals surface area contributed by atoms with Crippen LogP contribution in [0.1, 0.15) is 117 Å². The Morgan fingerprint density at radius 3 is 1.49 bits per heavy atom. The van der Waals surface area contributed by atoms with E-state index in [-0.39, 0.29) is 71.5 Å². The number of hydrogen-bond acceptors (Lipinski definition) is 9. The van der Waals surface area contributed by atoms with Crippen molar-refractivity contribution in [3.05, 3.63) is 0 Å². The molecule has 0 amide bonds. The molecule has 51 heavy (non-hydrogen) atoms. The molecule has 9 heteroatoms. The number of rotatable bonds is 9. The second kappa shape index (κ2) is 11.3. The SMILES string of the molecule is CC(C)(C)COCC12CC3CC(C1)C1(OC(COC(=O)C45CC6CC(C4)C(=O)C(C6)C5)C(COC(=O)C45CC6CC(C4)C(=O)C(C6)C5)O1)C(C3)C2. The van der Waals surface area contributed by atoms with Crippen molar-refractivity contribution in [2.75, 3.05) is 26.4 Å². The first-order chi connectivity index (χ1) is 24.2. The third-order valence-corrected chi connectivity index (χ3v) is 16.1. The van der Waals surface area contributed by atoms with Gasteiger partial charge in [-0.3, -0.25) is 19.2 Å². The maximum absolute atomic E-state index is 14.0. The molecule has 1 saturated heterocycles. The fourth-order valence-corrected chi connectivity index (χ4v) is 14.8. The molecule has 12 aliphatic carbocycles. The van der Waals surface area contributed by atoms with E-state index in [0.29, 0.717) is 55.0 Å². The molecule has 13 aliphatic rings. The predicted octanol–water partition coefficient (Wildman–Crippen LogP) is 6.23. The molecule has 280 valence electrons. The molecule has 0 aromatic carbocycles. The van der Waals surface area contributed by atoms with Crippen LogP contribution in [-0.2, 0) is 42.9 Å². The van der Waals surface area contributed by atoms with E-state index in [9.17, 15) is 19.2 Å². The standard InChI is InChI=1S/C42H58O9/c1-38(2,3)21-47-22-39-10-25-8-30(17-39)42(31(9-25)18-39)50-32(19-48-36(45)40-11-23-4-26(13-40)34(43)27(5-23)14-40)33(51-42)20-49-37(46)41-12-24-6-28(15-41)35(44)29(7-24)16-41/h23-33H,4-22H2,1-3H3. The summed E-state index contributed by atoms with van der Waals surface area (Å²) >= 11 is 0. The number of carbonyl (C=O) groups is 4. The van der Waals surface area contributed by atoms with Crippen LogP contribution in [0.5, 0.6) is 0 Å². The van der Waals surface area contributed by atoms with Crippen LogP contribution in [-0.4, -0.2) is 67.9 Å². The Kier molecular flexibility index (Phi) is 7.50. The van der Waals surface area contributed by atoms with Crippen molar-refractivity contribution < 1.29 is 42.9 Å². The van der Waals surface area contributed by atoms with Gasteiger partial charge in [-0.2, -0.15) is 0 Å². The monoisotopic (exact) mass is 706 g/mol. The smallest absolute Gasteiger partial charge is 0.312 e. The van der Waals surface area contributed by atoms with Crippen molar-refractivity contribution in [3.8, 4) is 0 Å². The maximum atomic E-state index is 14.0. The van der Waals surface area contributed by atoms with Gasteiger partial charge in [0.05, 0.1) is 24.0 Å². The molecule has 1 heterocycles. The average molecular weight is 707 g/mol. The van der Waals surface area contributed by atoms with Gasteiger partial charge in [-0.25, -0.2) is 0 Å². The number of ketones is 2. The minimum atomic E-state index is -0.779. The Labute approximate surface area is 302 Å². The topological polar surface area (TPSA) is 114 Å². The van der Waals surface area contributed by atoms with Gasteiger partial charge < -0.3 is 23.7 Å². The van der Waals surface area contributed by atoms with Gasteiger partial charge in [-0.15, -0.1) is 0 Å². The van der Waals surface area contributed by atoms with Gasteiger partial charge in [0.1, 0.15) is 37.0 Å². The summed E-state index contributed by atoms with van der Waals surface area (Å²) in [6, 6.07) is 0. The first-order valence-corrected chi connectivity index (χ1v) is 20.6. The van der Waals surface area contributed by atoms with Crippen molar-refractivity contribution in [2.24, 2.45) is 74.9 Å². The summed E-state index contributed by atoms with van der Waals surface area (Å²) in [4.78, 5) is 53.7. The van der Waals surface area contributed by atoms with E-state index in [4.69, 9.17) is 23.7 Å². The van der Waals surface area contributed by atoms with Crippen LogP contribution >= 0.6 is 0 Å².